The molecule has 0 radical (unpaired) electrons. The molecule has 0 aromatic carbocycles. The Morgan fingerprint density at radius 1 is 1.21 bits per heavy atom. The maximum Gasteiger partial charge on any atom is 0.00620 e. The molecule has 0 aromatic rings. The fourth-order valence-electron chi connectivity index (χ4n) is 2.18. The first-order chi connectivity index (χ1) is 6.70. The first-order valence-corrected chi connectivity index (χ1v) is 6.14. The molecule has 84 valence electrons. The number of nitrogens with one attached hydrogen (secondary N) is 2. The summed E-state index contributed by atoms with van der Waals surface area (Å²) in [7, 11) is 0. The van der Waals surface area contributed by atoms with Crippen LogP contribution in [0, 0.1) is 5.41 Å². The third-order valence-corrected chi connectivity index (χ3v) is 3.61. The first kappa shape index (κ1) is 12.0. The molecule has 0 aliphatic carbocycles. The summed E-state index contributed by atoms with van der Waals surface area (Å²) < 4.78 is 0. The number of rotatable bonds is 5. The Morgan fingerprint density at radius 3 is 2.29 bits per heavy atom. The highest BCUT2D eigenvalue weighted by Crippen LogP contribution is 2.26. The van der Waals surface area contributed by atoms with Crippen molar-refractivity contribution >= 4 is 0 Å². The van der Waals surface area contributed by atoms with Gasteiger partial charge in [-0.05, 0) is 44.2 Å². The second kappa shape index (κ2) is 5.72. The molecule has 2 N–H and O–H groups in total. The summed E-state index contributed by atoms with van der Waals surface area (Å²) in [6.07, 6.45) is 5.15. The van der Waals surface area contributed by atoms with E-state index in [0.29, 0.717) is 5.41 Å². The van der Waals surface area contributed by atoms with Crippen molar-refractivity contribution < 1.29 is 0 Å². The Hall–Kier alpha value is -0.0800. The van der Waals surface area contributed by atoms with Crippen LogP contribution in [0.2, 0.25) is 0 Å². The summed E-state index contributed by atoms with van der Waals surface area (Å²) in [6, 6.07) is 0.724. The maximum absolute atomic E-state index is 3.70. The SMILES string of the molecule is CCC(CC)NCC1(C)CCNCC1. The molecule has 1 fully saturated rings. The van der Waals surface area contributed by atoms with E-state index in [9.17, 15) is 0 Å². The standard InChI is InChI=1S/C12H26N2/c1-4-11(5-2)14-10-12(3)6-8-13-9-7-12/h11,13-14H,4-10H2,1-3H3. The van der Waals surface area contributed by atoms with Crippen LogP contribution >= 0.6 is 0 Å². The molecule has 0 spiro atoms. The molecule has 0 unspecified atom stereocenters. The van der Waals surface area contributed by atoms with Gasteiger partial charge < -0.3 is 10.6 Å². The zero-order chi connectivity index (χ0) is 10.4. The molecule has 2 nitrogen and oxygen atoms in total. The molecule has 1 saturated heterocycles. The minimum atomic E-state index is 0.536. The van der Waals surface area contributed by atoms with E-state index < -0.39 is 0 Å². The van der Waals surface area contributed by atoms with Crippen LogP contribution in [0.25, 0.3) is 0 Å². The monoisotopic (exact) mass is 198 g/mol. The minimum Gasteiger partial charge on any atom is -0.317 e. The zero-order valence-electron chi connectivity index (χ0n) is 10.0. The Labute approximate surface area is 88.8 Å². The second-order valence-corrected chi connectivity index (χ2v) is 4.95. The molecule has 2 heteroatoms. The Morgan fingerprint density at radius 2 is 1.79 bits per heavy atom. The molecule has 0 bridgehead atoms. The quantitative estimate of drug-likeness (QED) is 0.707. The number of hydrogen-bond acceptors (Lipinski definition) is 2. The van der Waals surface area contributed by atoms with Gasteiger partial charge in [0.25, 0.3) is 0 Å². The fraction of sp³-hybridized carbons (Fsp3) is 1.00. The van der Waals surface area contributed by atoms with E-state index in [2.05, 4.69) is 31.4 Å². The van der Waals surface area contributed by atoms with E-state index in [1.54, 1.807) is 0 Å². The lowest BCUT2D eigenvalue weighted by Gasteiger charge is -2.35. The van der Waals surface area contributed by atoms with E-state index in [-0.39, 0.29) is 0 Å². The topological polar surface area (TPSA) is 24.1 Å². The van der Waals surface area contributed by atoms with Gasteiger partial charge in [-0.25, -0.2) is 0 Å². The van der Waals surface area contributed by atoms with Crippen molar-refractivity contribution in [1.82, 2.24) is 10.6 Å². The van der Waals surface area contributed by atoms with Gasteiger partial charge in [-0.2, -0.15) is 0 Å². The predicted molar refractivity (Wildman–Crippen MR) is 62.6 cm³/mol. The van der Waals surface area contributed by atoms with Crippen LogP contribution in [0.15, 0.2) is 0 Å². The van der Waals surface area contributed by atoms with Crippen molar-refractivity contribution in [3.63, 3.8) is 0 Å². The van der Waals surface area contributed by atoms with Crippen LogP contribution in [0.4, 0.5) is 0 Å². The average Bonchev–Trinajstić information content (AvgIpc) is 2.20. The molecule has 0 aromatic heterocycles. The highest BCUT2D eigenvalue weighted by atomic mass is 14.9. The number of piperidine rings is 1. The smallest absolute Gasteiger partial charge is 0.00620 e. The molecule has 1 heterocycles. The van der Waals surface area contributed by atoms with Crippen molar-refractivity contribution in [2.24, 2.45) is 5.41 Å². The van der Waals surface area contributed by atoms with Crippen LogP contribution < -0.4 is 10.6 Å². The van der Waals surface area contributed by atoms with Crippen LogP contribution in [0.5, 0.6) is 0 Å². The Bertz CT molecular complexity index is 146. The summed E-state index contributed by atoms with van der Waals surface area (Å²) >= 11 is 0. The molecule has 1 aliphatic heterocycles. The van der Waals surface area contributed by atoms with Gasteiger partial charge in [0.2, 0.25) is 0 Å². The van der Waals surface area contributed by atoms with Gasteiger partial charge >= 0.3 is 0 Å². The first-order valence-electron chi connectivity index (χ1n) is 6.14. The Balaban J connectivity index is 2.27. The summed E-state index contributed by atoms with van der Waals surface area (Å²) in [6.45, 7) is 10.5. The normalized spacial score (nSPS) is 21.4. The van der Waals surface area contributed by atoms with E-state index in [1.807, 2.05) is 0 Å². The average molecular weight is 198 g/mol. The van der Waals surface area contributed by atoms with Gasteiger partial charge in [0.1, 0.15) is 0 Å². The van der Waals surface area contributed by atoms with Crippen LogP contribution in [-0.4, -0.2) is 25.7 Å². The third-order valence-electron chi connectivity index (χ3n) is 3.61. The van der Waals surface area contributed by atoms with E-state index in [0.717, 1.165) is 6.04 Å². The molecule has 1 aliphatic rings. The van der Waals surface area contributed by atoms with Gasteiger partial charge in [0.15, 0.2) is 0 Å². The third kappa shape index (κ3) is 3.58. The van der Waals surface area contributed by atoms with Gasteiger partial charge in [-0.1, -0.05) is 20.8 Å². The molecular formula is C12H26N2. The molecular weight excluding hydrogens is 172 g/mol. The van der Waals surface area contributed by atoms with E-state index in [1.165, 1.54) is 45.3 Å². The van der Waals surface area contributed by atoms with Crippen molar-refractivity contribution in [3.8, 4) is 0 Å². The summed E-state index contributed by atoms with van der Waals surface area (Å²) in [5, 5.41) is 7.13. The Kier molecular flexibility index (Phi) is 4.90. The lowest BCUT2D eigenvalue weighted by molar-refractivity contribution is 0.210. The maximum atomic E-state index is 3.70. The molecule has 0 saturated carbocycles. The fourth-order valence-corrected chi connectivity index (χ4v) is 2.18. The lowest BCUT2D eigenvalue weighted by atomic mass is 9.81. The van der Waals surface area contributed by atoms with Crippen molar-refractivity contribution in [3.05, 3.63) is 0 Å². The van der Waals surface area contributed by atoms with Gasteiger partial charge in [0.05, 0.1) is 0 Å². The van der Waals surface area contributed by atoms with Gasteiger partial charge in [-0.15, -0.1) is 0 Å². The molecule has 1 rings (SSSR count). The van der Waals surface area contributed by atoms with E-state index in [4.69, 9.17) is 0 Å². The molecule has 0 atom stereocenters. The van der Waals surface area contributed by atoms with Crippen molar-refractivity contribution in [1.29, 1.82) is 0 Å². The van der Waals surface area contributed by atoms with Crippen LogP contribution in [0.3, 0.4) is 0 Å². The minimum absolute atomic E-state index is 0.536. The highest BCUT2D eigenvalue weighted by Gasteiger charge is 2.26. The molecule has 0 amide bonds. The lowest BCUT2D eigenvalue weighted by Crippen LogP contribution is -2.43. The molecule has 14 heavy (non-hydrogen) atoms. The van der Waals surface area contributed by atoms with E-state index >= 15 is 0 Å². The van der Waals surface area contributed by atoms with Crippen LogP contribution in [0.1, 0.15) is 46.5 Å². The predicted octanol–water partition coefficient (Wildman–Crippen LogP) is 2.15. The second-order valence-electron chi connectivity index (χ2n) is 4.95. The van der Waals surface area contributed by atoms with Crippen molar-refractivity contribution in [2.75, 3.05) is 19.6 Å². The largest absolute Gasteiger partial charge is 0.317 e. The van der Waals surface area contributed by atoms with Crippen LogP contribution in [-0.2, 0) is 0 Å². The van der Waals surface area contributed by atoms with Crippen molar-refractivity contribution in [2.45, 2.75) is 52.5 Å². The summed E-state index contributed by atoms with van der Waals surface area (Å²) in [5.41, 5.74) is 0.536. The number of hydrogen-bond donors (Lipinski definition) is 2. The highest BCUT2D eigenvalue weighted by molar-refractivity contribution is 4.83. The summed E-state index contributed by atoms with van der Waals surface area (Å²) in [5.74, 6) is 0. The van der Waals surface area contributed by atoms with Gasteiger partial charge in [-0.3, -0.25) is 0 Å². The van der Waals surface area contributed by atoms with Gasteiger partial charge in [0, 0.05) is 12.6 Å². The summed E-state index contributed by atoms with van der Waals surface area (Å²) in [4.78, 5) is 0. The zero-order valence-corrected chi connectivity index (χ0v) is 10.0.